The van der Waals surface area contributed by atoms with Gasteiger partial charge in [-0.1, -0.05) is 54.6 Å². The Balaban J connectivity index is 1.82. The van der Waals surface area contributed by atoms with Gasteiger partial charge in [-0.15, -0.1) is 0 Å². The van der Waals surface area contributed by atoms with Gasteiger partial charge in [0.25, 0.3) is 21.5 Å². The number of benzene rings is 3. The molecule has 0 saturated carbocycles. The van der Waals surface area contributed by atoms with E-state index in [0.29, 0.717) is 26.5 Å². The van der Waals surface area contributed by atoms with Gasteiger partial charge in [0.1, 0.15) is 5.69 Å². The quantitative estimate of drug-likeness (QED) is 0.364. The highest BCUT2D eigenvalue weighted by atomic mass is 32.2. The molecule has 0 bridgehead atoms. The van der Waals surface area contributed by atoms with E-state index in [-0.39, 0.29) is 16.1 Å². The number of hydrogen-bond donors (Lipinski definition) is 0. The van der Waals surface area contributed by atoms with Crippen LogP contribution in [0.15, 0.2) is 107 Å². The van der Waals surface area contributed by atoms with Crippen molar-refractivity contribution >= 4 is 32.4 Å². The molecule has 0 fully saturated rings. The third-order valence-electron chi connectivity index (χ3n) is 6.09. The number of carbonyl (C=O) groups is 1. The van der Waals surface area contributed by atoms with Crippen molar-refractivity contribution in [3.63, 3.8) is 0 Å². The van der Waals surface area contributed by atoms with Gasteiger partial charge in [0, 0.05) is 24.8 Å². The zero-order chi connectivity index (χ0) is 25.4. The molecule has 5 rings (SSSR count). The minimum atomic E-state index is -4.53. The van der Waals surface area contributed by atoms with Gasteiger partial charge >= 0.3 is 0 Å². The standard InChI is InChI=1S/C27H22N4O4S/c1-19-25(27(33)30(29(19)2)22-13-4-3-5-14-22)31(26(32)21-12-9-17-28-18-21)36(34,35)24-16-8-11-20-10-6-7-15-23(20)24/h3-18H,1-2H3. The monoisotopic (exact) mass is 498 g/mol. The van der Waals surface area contributed by atoms with Crippen LogP contribution < -0.4 is 9.86 Å². The molecule has 2 heterocycles. The summed E-state index contributed by atoms with van der Waals surface area (Å²) in [6.07, 6.45) is 2.76. The van der Waals surface area contributed by atoms with Crippen molar-refractivity contribution in [3.8, 4) is 5.69 Å². The summed E-state index contributed by atoms with van der Waals surface area (Å²) in [6.45, 7) is 1.61. The molecule has 0 aliphatic rings. The third kappa shape index (κ3) is 3.70. The van der Waals surface area contributed by atoms with Crippen molar-refractivity contribution in [1.29, 1.82) is 0 Å². The van der Waals surface area contributed by atoms with E-state index < -0.39 is 21.5 Å². The summed E-state index contributed by atoms with van der Waals surface area (Å²) in [5, 5.41) is 1.14. The number of hydrogen-bond acceptors (Lipinski definition) is 5. The molecule has 3 aromatic carbocycles. The normalized spacial score (nSPS) is 11.5. The highest BCUT2D eigenvalue weighted by molar-refractivity contribution is 7.93. The van der Waals surface area contributed by atoms with Crippen LogP contribution in [0.2, 0.25) is 0 Å². The molecular weight excluding hydrogens is 476 g/mol. The van der Waals surface area contributed by atoms with E-state index in [4.69, 9.17) is 0 Å². The van der Waals surface area contributed by atoms with Gasteiger partial charge in [0.15, 0.2) is 0 Å². The molecule has 0 saturated heterocycles. The number of sulfonamides is 1. The molecule has 0 radical (unpaired) electrons. The van der Waals surface area contributed by atoms with Crippen LogP contribution in [0.25, 0.3) is 16.5 Å². The Kier molecular flexibility index (Phi) is 5.77. The van der Waals surface area contributed by atoms with Crippen molar-refractivity contribution in [3.05, 3.63) is 119 Å². The topological polar surface area (TPSA) is 94.3 Å². The Morgan fingerprint density at radius 2 is 1.58 bits per heavy atom. The molecule has 36 heavy (non-hydrogen) atoms. The predicted octanol–water partition coefficient (Wildman–Crippen LogP) is 4.07. The molecule has 0 aliphatic carbocycles. The lowest BCUT2D eigenvalue weighted by molar-refractivity contribution is 0.100. The number of amides is 1. The Bertz CT molecular complexity index is 1750. The van der Waals surface area contributed by atoms with Gasteiger partial charge in [-0.25, -0.2) is 13.1 Å². The van der Waals surface area contributed by atoms with Crippen molar-refractivity contribution in [2.45, 2.75) is 11.8 Å². The first-order valence-corrected chi connectivity index (χ1v) is 12.6. The number of nitrogens with zero attached hydrogens (tertiary/aromatic N) is 4. The average molecular weight is 499 g/mol. The van der Waals surface area contributed by atoms with E-state index in [2.05, 4.69) is 4.98 Å². The average Bonchev–Trinajstić information content (AvgIpc) is 3.12. The Morgan fingerprint density at radius 3 is 2.31 bits per heavy atom. The fourth-order valence-corrected chi connectivity index (χ4v) is 5.93. The van der Waals surface area contributed by atoms with Crippen molar-refractivity contribution in [2.75, 3.05) is 4.31 Å². The van der Waals surface area contributed by atoms with Gasteiger partial charge in [-0.3, -0.25) is 19.3 Å². The summed E-state index contributed by atoms with van der Waals surface area (Å²) >= 11 is 0. The van der Waals surface area contributed by atoms with E-state index in [9.17, 15) is 18.0 Å². The maximum Gasteiger partial charge on any atom is 0.296 e. The Labute approximate surface area is 207 Å². The van der Waals surface area contributed by atoms with Crippen LogP contribution in [0, 0.1) is 6.92 Å². The third-order valence-corrected chi connectivity index (χ3v) is 7.83. The number of rotatable bonds is 5. The molecule has 0 spiro atoms. The number of aromatic nitrogens is 3. The van der Waals surface area contributed by atoms with E-state index in [1.165, 1.54) is 40.0 Å². The lowest BCUT2D eigenvalue weighted by Gasteiger charge is -2.22. The molecule has 0 aliphatic heterocycles. The lowest BCUT2D eigenvalue weighted by Crippen LogP contribution is -2.40. The Hall–Kier alpha value is -4.50. The van der Waals surface area contributed by atoms with E-state index in [0.717, 1.165) is 0 Å². The molecule has 9 heteroatoms. The molecular formula is C27H22N4O4S. The lowest BCUT2D eigenvalue weighted by atomic mass is 10.1. The van der Waals surface area contributed by atoms with Crippen LogP contribution in [0.3, 0.4) is 0 Å². The summed E-state index contributed by atoms with van der Waals surface area (Å²) in [7, 11) is -2.89. The maximum absolute atomic E-state index is 14.3. The van der Waals surface area contributed by atoms with Crippen molar-refractivity contribution in [2.24, 2.45) is 7.05 Å². The predicted molar refractivity (Wildman–Crippen MR) is 138 cm³/mol. The van der Waals surface area contributed by atoms with Gasteiger partial charge in [-0.05, 0) is 42.6 Å². The van der Waals surface area contributed by atoms with Crippen LogP contribution in [0.1, 0.15) is 16.1 Å². The van der Waals surface area contributed by atoms with Crippen LogP contribution in [-0.2, 0) is 17.1 Å². The van der Waals surface area contributed by atoms with E-state index >= 15 is 0 Å². The SMILES string of the molecule is Cc1c(N(C(=O)c2cccnc2)S(=O)(=O)c2cccc3ccccc23)c(=O)n(-c2ccccc2)n1C. The fraction of sp³-hybridized carbons (Fsp3) is 0.0741. The van der Waals surface area contributed by atoms with Gasteiger partial charge in [0.05, 0.1) is 21.8 Å². The summed E-state index contributed by atoms with van der Waals surface area (Å²) in [4.78, 5) is 31.5. The zero-order valence-corrected chi connectivity index (χ0v) is 20.4. The second kappa shape index (κ2) is 8.94. The highest BCUT2D eigenvalue weighted by Crippen LogP contribution is 2.31. The van der Waals surface area contributed by atoms with Crippen LogP contribution >= 0.6 is 0 Å². The number of para-hydroxylation sites is 1. The molecule has 0 atom stereocenters. The Morgan fingerprint density at radius 1 is 0.889 bits per heavy atom. The van der Waals surface area contributed by atoms with Crippen molar-refractivity contribution in [1.82, 2.24) is 14.3 Å². The highest BCUT2D eigenvalue weighted by Gasteiger charge is 2.38. The van der Waals surface area contributed by atoms with E-state index in [1.54, 1.807) is 74.6 Å². The molecule has 1 amide bonds. The first-order valence-electron chi connectivity index (χ1n) is 11.1. The number of anilines is 1. The van der Waals surface area contributed by atoms with E-state index in [1.807, 2.05) is 6.07 Å². The largest absolute Gasteiger partial charge is 0.296 e. The second-order valence-corrected chi connectivity index (χ2v) is 9.96. The summed E-state index contributed by atoms with van der Waals surface area (Å²) in [5.74, 6) is -0.873. The molecule has 0 unspecified atom stereocenters. The molecule has 180 valence electrons. The summed E-state index contributed by atoms with van der Waals surface area (Å²) in [5.41, 5.74) is 0.00112. The van der Waals surface area contributed by atoms with Crippen LogP contribution in [0.5, 0.6) is 0 Å². The number of carbonyl (C=O) groups excluding carboxylic acids is 1. The first kappa shape index (κ1) is 23.3. The summed E-state index contributed by atoms with van der Waals surface area (Å²) in [6, 6.07) is 23.7. The van der Waals surface area contributed by atoms with Crippen LogP contribution in [0.4, 0.5) is 5.69 Å². The van der Waals surface area contributed by atoms with Gasteiger partial charge in [0.2, 0.25) is 0 Å². The maximum atomic E-state index is 14.3. The van der Waals surface area contributed by atoms with Crippen molar-refractivity contribution < 1.29 is 13.2 Å². The fourth-order valence-electron chi connectivity index (χ4n) is 4.24. The molecule has 8 nitrogen and oxygen atoms in total. The smallest absolute Gasteiger partial charge is 0.283 e. The first-order chi connectivity index (χ1) is 17.3. The molecule has 0 N–H and O–H groups in total. The second-order valence-electron chi connectivity index (χ2n) is 8.20. The number of fused-ring (bicyclic) bond motifs is 1. The molecule has 5 aromatic rings. The minimum absolute atomic E-state index is 0.0372. The van der Waals surface area contributed by atoms with Gasteiger partial charge < -0.3 is 0 Å². The number of pyridine rings is 1. The van der Waals surface area contributed by atoms with Crippen LogP contribution in [-0.4, -0.2) is 28.7 Å². The molecule has 2 aromatic heterocycles. The van der Waals surface area contributed by atoms with Gasteiger partial charge in [-0.2, -0.15) is 4.31 Å². The summed E-state index contributed by atoms with van der Waals surface area (Å²) < 4.78 is 32.0. The zero-order valence-electron chi connectivity index (χ0n) is 19.6. The minimum Gasteiger partial charge on any atom is -0.283 e.